The molecule has 2 amide bonds. The predicted octanol–water partition coefficient (Wildman–Crippen LogP) is 4.44. The van der Waals surface area contributed by atoms with Gasteiger partial charge in [-0.25, -0.2) is 4.79 Å². The summed E-state index contributed by atoms with van der Waals surface area (Å²) in [5.74, 6) is 1.87. The maximum absolute atomic E-state index is 12.6. The lowest BCUT2D eigenvalue weighted by Gasteiger charge is -2.30. The van der Waals surface area contributed by atoms with E-state index in [1.807, 2.05) is 36.9 Å². The molecule has 1 N–H and O–H groups in total. The molecule has 0 radical (unpaired) electrons. The zero-order chi connectivity index (χ0) is 19.5. The summed E-state index contributed by atoms with van der Waals surface area (Å²) < 4.78 is 5.79. The van der Waals surface area contributed by atoms with E-state index in [0.717, 1.165) is 18.4 Å². The first kappa shape index (κ1) is 18.5. The van der Waals surface area contributed by atoms with Gasteiger partial charge in [0.05, 0.1) is 0 Å². The Balaban J connectivity index is 1.32. The number of nitrogens with one attached hydrogen (secondary N) is 1. The van der Waals surface area contributed by atoms with Gasteiger partial charge in [0.2, 0.25) is 11.8 Å². The Labute approximate surface area is 164 Å². The zero-order valence-corrected chi connectivity index (χ0v) is 16.4. The van der Waals surface area contributed by atoms with Crippen LogP contribution in [-0.2, 0) is 6.54 Å². The molecule has 0 spiro atoms. The average molecular weight is 378 g/mol. The molecule has 0 unspecified atom stereocenters. The van der Waals surface area contributed by atoms with Crippen LogP contribution in [0.15, 0.2) is 46.9 Å². The van der Waals surface area contributed by atoms with Gasteiger partial charge < -0.3 is 14.6 Å². The lowest BCUT2D eigenvalue weighted by Crippen LogP contribution is -2.43. The molecule has 3 aromatic rings. The number of carbonyl (C=O) groups is 1. The van der Waals surface area contributed by atoms with E-state index in [2.05, 4.69) is 39.8 Å². The van der Waals surface area contributed by atoms with E-state index < -0.39 is 0 Å². The minimum absolute atomic E-state index is 0.0141. The average Bonchev–Trinajstić information content (AvgIpc) is 3.23. The number of benzene rings is 2. The van der Waals surface area contributed by atoms with E-state index in [-0.39, 0.29) is 17.9 Å². The van der Waals surface area contributed by atoms with Crippen molar-refractivity contribution in [1.29, 1.82) is 0 Å². The van der Waals surface area contributed by atoms with Gasteiger partial charge in [0.25, 0.3) is 0 Å². The predicted molar refractivity (Wildman–Crippen MR) is 108 cm³/mol. The van der Waals surface area contributed by atoms with Crippen molar-refractivity contribution in [1.82, 2.24) is 20.4 Å². The topological polar surface area (TPSA) is 71.3 Å². The van der Waals surface area contributed by atoms with Crippen LogP contribution in [0.2, 0.25) is 0 Å². The number of fused-ring (bicyclic) bond motifs is 1. The Morgan fingerprint density at radius 2 is 1.89 bits per heavy atom. The molecular weight excluding hydrogens is 352 g/mol. The van der Waals surface area contributed by atoms with Crippen LogP contribution in [0.5, 0.6) is 0 Å². The summed E-state index contributed by atoms with van der Waals surface area (Å²) in [6.07, 6.45) is 1.70. The molecule has 6 nitrogen and oxygen atoms in total. The van der Waals surface area contributed by atoms with Gasteiger partial charge in [-0.15, -0.1) is 10.2 Å². The number of hydrogen-bond acceptors (Lipinski definition) is 4. The van der Waals surface area contributed by atoms with Crippen molar-refractivity contribution in [3.63, 3.8) is 0 Å². The summed E-state index contributed by atoms with van der Waals surface area (Å²) in [6.45, 7) is 6.01. The standard InChI is InChI=1S/C22H26N4O2/c1-15(2)20-24-25-21(28-20)17-10-12-26(13-11-17)22(27)23-14-18-8-5-7-16-6-3-4-9-19(16)18/h3-9,15,17H,10-14H2,1-2H3,(H,23,27). The summed E-state index contributed by atoms with van der Waals surface area (Å²) in [7, 11) is 0. The Kier molecular flexibility index (Phi) is 5.28. The maximum atomic E-state index is 12.6. The first-order valence-corrected chi connectivity index (χ1v) is 9.94. The second kappa shape index (κ2) is 8.00. The van der Waals surface area contributed by atoms with Crippen LogP contribution in [0.1, 0.15) is 55.9 Å². The van der Waals surface area contributed by atoms with Gasteiger partial charge >= 0.3 is 6.03 Å². The van der Waals surface area contributed by atoms with Gasteiger partial charge in [-0.05, 0) is 29.2 Å². The van der Waals surface area contributed by atoms with Gasteiger partial charge in [0.15, 0.2) is 0 Å². The third-order valence-electron chi connectivity index (χ3n) is 5.39. The van der Waals surface area contributed by atoms with Crippen molar-refractivity contribution in [3.8, 4) is 0 Å². The van der Waals surface area contributed by atoms with Gasteiger partial charge in [0, 0.05) is 31.5 Å². The van der Waals surface area contributed by atoms with Gasteiger partial charge in [-0.3, -0.25) is 0 Å². The van der Waals surface area contributed by atoms with Crippen molar-refractivity contribution in [2.24, 2.45) is 0 Å². The fraction of sp³-hybridized carbons (Fsp3) is 0.409. The largest absolute Gasteiger partial charge is 0.425 e. The Bertz CT molecular complexity index is 953. The van der Waals surface area contributed by atoms with Crippen molar-refractivity contribution in [3.05, 3.63) is 59.8 Å². The van der Waals surface area contributed by atoms with Gasteiger partial charge in [-0.2, -0.15) is 0 Å². The number of hydrogen-bond donors (Lipinski definition) is 1. The summed E-state index contributed by atoms with van der Waals surface area (Å²) >= 11 is 0. The highest BCUT2D eigenvalue weighted by molar-refractivity contribution is 5.86. The van der Waals surface area contributed by atoms with E-state index in [0.29, 0.717) is 31.4 Å². The molecule has 146 valence electrons. The molecule has 0 atom stereocenters. The lowest BCUT2D eigenvalue weighted by atomic mass is 9.97. The molecule has 0 saturated carbocycles. The first-order chi connectivity index (χ1) is 13.6. The molecule has 1 aromatic heterocycles. The molecule has 1 aliphatic heterocycles. The monoisotopic (exact) mass is 378 g/mol. The number of likely N-dealkylation sites (tertiary alicyclic amines) is 1. The molecule has 2 aromatic carbocycles. The molecule has 2 heterocycles. The number of carbonyl (C=O) groups excluding carboxylic acids is 1. The van der Waals surface area contributed by atoms with Crippen LogP contribution < -0.4 is 5.32 Å². The van der Waals surface area contributed by atoms with Crippen molar-refractivity contribution >= 4 is 16.8 Å². The smallest absolute Gasteiger partial charge is 0.317 e. The second-order valence-electron chi connectivity index (χ2n) is 7.69. The molecule has 1 aliphatic rings. The van der Waals surface area contributed by atoms with Crippen molar-refractivity contribution in [2.75, 3.05) is 13.1 Å². The summed E-state index contributed by atoms with van der Waals surface area (Å²) in [6, 6.07) is 14.4. The van der Waals surface area contributed by atoms with E-state index in [4.69, 9.17) is 4.42 Å². The van der Waals surface area contributed by atoms with Crippen LogP contribution in [0.4, 0.5) is 4.79 Å². The normalized spacial score (nSPS) is 15.3. The van der Waals surface area contributed by atoms with Crippen LogP contribution in [-0.4, -0.2) is 34.2 Å². The third-order valence-corrected chi connectivity index (χ3v) is 5.39. The third kappa shape index (κ3) is 3.86. The Morgan fingerprint density at radius 1 is 1.14 bits per heavy atom. The van der Waals surface area contributed by atoms with Crippen molar-refractivity contribution < 1.29 is 9.21 Å². The molecule has 4 rings (SSSR count). The Morgan fingerprint density at radius 3 is 2.64 bits per heavy atom. The van der Waals surface area contributed by atoms with E-state index >= 15 is 0 Å². The SMILES string of the molecule is CC(C)c1nnc(C2CCN(C(=O)NCc3cccc4ccccc34)CC2)o1. The molecule has 0 aliphatic carbocycles. The van der Waals surface area contributed by atoms with Crippen LogP contribution in [0, 0.1) is 0 Å². The van der Waals surface area contributed by atoms with Crippen LogP contribution in [0.3, 0.4) is 0 Å². The fourth-order valence-electron chi connectivity index (χ4n) is 3.70. The molecule has 0 bridgehead atoms. The number of rotatable bonds is 4. The highest BCUT2D eigenvalue weighted by Gasteiger charge is 2.27. The van der Waals surface area contributed by atoms with E-state index in [1.54, 1.807) is 0 Å². The highest BCUT2D eigenvalue weighted by Crippen LogP contribution is 2.28. The second-order valence-corrected chi connectivity index (χ2v) is 7.69. The summed E-state index contributed by atoms with van der Waals surface area (Å²) in [5.41, 5.74) is 1.13. The lowest BCUT2D eigenvalue weighted by molar-refractivity contribution is 0.176. The quantitative estimate of drug-likeness (QED) is 0.729. The van der Waals surface area contributed by atoms with E-state index in [1.165, 1.54) is 10.8 Å². The maximum Gasteiger partial charge on any atom is 0.317 e. The molecule has 6 heteroatoms. The summed E-state index contributed by atoms with van der Waals surface area (Å²) in [5, 5.41) is 13.8. The molecular formula is C22H26N4O2. The van der Waals surface area contributed by atoms with Gasteiger partial charge in [-0.1, -0.05) is 56.3 Å². The highest BCUT2D eigenvalue weighted by atomic mass is 16.4. The zero-order valence-electron chi connectivity index (χ0n) is 16.4. The van der Waals surface area contributed by atoms with Crippen LogP contribution >= 0.6 is 0 Å². The molecule has 1 saturated heterocycles. The number of urea groups is 1. The minimum atomic E-state index is -0.0141. The number of nitrogens with zero attached hydrogens (tertiary/aromatic N) is 3. The first-order valence-electron chi connectivity index (χ1n) is 9.94. The number of amides is 2. The van der Waals surface area contributed by atoms with Crippen molar-refractivity contribution in [2.45, 2.75) is 45.1 Å². The number of piperidine rings is 1. The summed E-state index contributed by atoms with van der Waals surface area (Å²) in [4.78, 5) is 14.5. The van der Waals surface area contributed by atoms with Gasteiger partial charge in [0.1, 0.15) is 0 Å². The fourth-order valence-corrected chi connectivity index (χ4v) is 3.70. The van der Waals surface area contributed by atoms with E-state index in [9.17, 15) is 4.79 Å². The molecule has 28 heavy (non-hydrogen) atoms. The number of aromatic nitrogens is 2. The molecule has 1 fully saturated rings. The Hall–Kier alpha value is -2.89. The van der Waals surface area contributed by atoms with Crippen LogP contribution in [0.25, 0.3) is 10.8 Å². The minimum Gasteiger partial charge on any atom is -0.425 e.